The Morgan fingerprint density at radius 2 is 1.84 bits per heavy atom. The first-order chi connectivity index (χ1) is 12.3. The van der Waals surface area contributed by atoms with Crippen LogP contribution in [0, 0.1) is 0 Å². The van der Waals surface area contributed by atoms with Crippen molar-refractivity contribution in [2.75, 3.05) is 26.2 Å². The lowest BCUT2D eigenvalue weighted by molar-refractivity contribution is 0.0749. The summed E-state index contributed by atoms with van der Waals surface area (Å²) < 4.78 is 0. The van der Waals surface area contributed by atoms with Gasteiger partial charge in [0.1, 0.15) is 0 Å². The molecule has 130 valence electrons. The molecule has 0 bridgehead atoms. The van der Waals surface area contributed by atoms with Gasteiger partial charge in [0, 0.05) is 55.7 Å². The second-order valence-corrected chi connectivity index (χ2v) is 7.09. The van der Waals surface area contributed by atoms with E-state index in [1.165, 1.54) is 19.3 Å². The van der Waals surface area contributed by atoms with Crippen molar-refractivity contribution in [2.45, 2.75) is 31.7 Å². The van der Waals surface area contributed by atoms with Crippen LogP contribution in [0.4, 0.5) is 0 Å². The van der Waals surface area contributed by atoms with Gasteiger partial charge < -0.3 is 4.90 Å². The summed E-state index contributed by atoms with van der Waals surface area (Å²) in [4.78, 5) is 21.8. The summed E-state index contributed by atoms with van der Waals surface area (Å²) >= 11 is 0. The minimum Gasteiger partial charge on any atom is -0.337 e. The molecule has 1 aliphatic carbocycles. The van der Waals surface area contributed by atoms with Crippen LogP contribution in [0.3, 0.4) is 0 Å². The van der Waals surface area contributed by atoms with Gasteiger partial charge in [0.25, 0.3) is 5.91 Å². The van der Waals surface area contributed by atoms with E-state index in [1.807, 2.05) is 47.5 Å². The number of carbonyl (C=O) groups is 1. The standard InChI is InChI=1S/C21H25N3O/c25-21(24-12-4-11-23(13-14-24)20-8-2-9-20)18-6-1-5-17(15-18)19-7-3-10-22-16-19/h1,3,5-7,10,15-16,20H,2,4,8-9,11-14H2. The van der Waals surface area contributed by atoms with Crippen molar-refractivity contribution in [1.82, 2.24) is 14.8 Å². The number of benzene rings is 1. The van der Waals surface area contributed by atoms with Crippen LogP contribution in [0.5, 0.6) is 0 Å². The number of nitrogens with zero attached hydrogens (tertiary/aromatic N) is 3. The highest BCUT2D eigenvalue weighted by Crippen LogP contribution is 2.26. The summed E-state index contributed by atoms with van der Waals surface area (Å²) in [5, 5.41) is 0. The highest BCUT2D eigenvalue weighted by atomic mass is 16.2. The molecule has 1 aromatic heterocycles. The monoisotopic (exact) mass is 335 g/mol. The largest absolute Gasteiger partial charge is 0.337 e. The van der Waals surface area contributed by atoms with E-state index in [0.717, 1.165) is 55.3 Å². The topological polar surface area (TPSA) is 36.4 Å². The molecule has 0 N–H and O–H groups in total. The molecule has 1 aromatic carbocycles. The van der Waals surface area contributed by atoms with E-state index in [1.54, 1.807) is 6.20 Å². The van der Waals surface area contributed by atoms with Crippen molar-refractivity contribution >= 4 is 5.91 Å². The first-order valence-corrected chi connectivity index (χ1v) is 9.35. The third kappa shape index (κ3) is 3.59. The van der Waals surface area contributed by atoms with Gasteiger partial charge in [-0.3, -0.25) is 14.7 Å². The van der Waals surface area contributed by atoms with E-state index >= 15 is 0 Å². The maximum atomic E-state index is 13.0. The van der Waals surface area contributed by atoms with E-state index in [4.69, 9.17) is 0 Å². The lowest BCUT2D eigenvalue weighted by Gasteiger charge is -2.36. The second-order valence-electron chi connectivity index (χ2n) is 7.09. The summed E-state index contributed by atoms with van der Waals surface area (Å²) in [7, 11) is 0. The molecular weight excluding hydrogens is 310 g/mol. The Kier molecular flexibility index (Phi) is 4.79. The molecule has 4 nitrogen and oxygen atoms in total. The molecule has 2 fully saturated rings. The fraction of sp³-hybridized carbons (Fsp3) is 0.429. The van der Waals surface area contributed by atoms with E-state index in [2.05, 4.69) is 9.88 Å². The number of amides is 1. The molecule has 0 spiro atoms. The smallest absolute Gasteiger partial charge is 0.253 e. The van der Waals surface area contributed by atoms with Crippen LogP contribution in [-0.2, 0) is 0 Å². The van der Waals surface area contributed by atoms with E-state index in [-0.39, 0.29) is 5.91 Å². The molecule has 1 aliphatic heterocycles. The summed E-state index contributed by atoms with van der Waals surface area (Å²) in [6, 6.07) is 12.6. The normalized spacial score (nSPS) is 19.3. The Morgan fingerprint density at radius 3 is 2.60 bits per heavy atom. The van der Waals surface area contributed by atoms with Crippen LogP contribution in [0.2, 0.25) is 0 Å². The van der Waals surface area contributed by atoms with Crippen LogP contribution in [0.15, 0.2) is 48.8 Å². The number of carbonyl (C=O) groups excluding carboxylic acids is 1. The van der Waals surface area contributed by atoms with Gasteiger partial charge in [0.15, 0.2) is 0 Å². The molecule has 1 saturated carbocycles. The van der Waals surface area contributed by atoms with Gasteiger partial charge in [-0.25, -0.2) is 0 Å². The molecule has 4 heteroatoms. The molecule has 1 saturated heterocycles. The zero-order chi connectivity index (χ0) is 17.1. The number of hydrogen-bond donors (Lipinski definition) is 0. The summed E-state index contributed by atoms with van der Waals surface area (Å²) in [5.74, 6) is 0.154. The van der Waals surface area contributed by atoms with E-state index < -0.39 is 0 Å². The predicted octanol–water partition coefficient (Wildman–Crippen LogP) is 3.45. The summed E-state index contributed by atoms with van der Waals surface area (Å²) in [6.45, 7) is 3.84. The SMILES string of the molecule is O=C(c1cccc(-c2cccnc2)c1)N1CCCN(C2CCC2)CC1. The lowest BCUT2D eigenvalue weighted by atomic mass is 9.91. The molecule has 2 aromatic rings. The summed E-state index contributed by atoms with van der Waals surface area (Å²) in [6.07, 6.45) is 8.72. The average Bonchev–Trinajstić information content (AvgIpc) is 2.87. The predicted molar refractivity (Wildman–Crippen MR) is 99.4 cm³/mol. The minimum absolute atomic E-state index is 0.154. The average molecular weight is 335 g/mol. The Bertz CT molecular complexity index is 727. The number of hydrogen-bond acceptors (Lipinski definition) is 3. The Balaban J connectivity index is 1.47. The highest BCUT2D eigenvalue weighted by Gasteiger charge is 2.28. The first-order valence-electron chi connectivity index (χ1n) is 9.35. The van der Waals surface area contributed by atoms with Crippen LogP contribution in [-0.4, -0.2) is 52.9 Å². The van der Waals surface area contributed by atoms with Gasteiger partial charge in [-0.15, -0.1) is 0 Å². The minimum atomic E-state index is 0.154. The summed E-state index contributed by atoms with van der Waals surface area (Å²) in [5.41, 5.74) is 2.87. The maximum absolute atomic E-state index is 13.0. The van der Waals surface area contributed by atoms with E-state index in [0.29, 0.717) is 0 Å². The third-order valence-electron chi connectivity index (χ3n) is 5.51. The van der Waals surface area contributed by atoms with Crippen molar-refractivity contribution in [3.05, 3.63) is 54.4 Å². The van der Waals surface area contributed by atoms with Gasteiger partial charge in [-0.05, 0) is 43.0 Å². The Morgan fingerprint density at radius 1 is 0.960 bits per heavy atom. The van der Waals surface area contributed by atoms with Crippen LogP contribution < -0.4 is 0 Å². The number of aromatic nitrogens is 1. The molecule has 25 heavy (non-hydrogen) atoms. The van der Waals surface area contributed by atoms with Crippen molar-refractivity contribution in [3.63, 3.8) is 0 Å². The number of pyridine rings is 1. The highest BCUT2D eigenvalue weighted by molar-refractivity contribution is 5.95. The van der Waals surface area contributed by atoms with Crippen molar-refractivity contribution in [1.29, 1.82) is 0 Å². The maximum Gasteiger partial charge on any atom is 0.253 e. The van der Waals surface area contributed by atoms with Gasteiger partial charge in [0.2, 0.25) is 0 Å². The van der Waals surface area contributed by atoms with Gasteiger partial charge in [0.05, 0.1) is 0 Å². The van der Waals surface area contributed by atoms with Gasteiger partial charge >= 0.3 is 0 Å². The third-order valence-corrected chi connectivity index (χ3v) is 5.51. The molecular formula is C21H25N3O. The lowest BCUT2D eigenvalue weighted by Crippen LogP contribution is -2.42. The Labute approximate surface area is 149 Å². The van der Waals surface area contributed by atoms with Crippen LogP contribution in [0.25, 0.3) is 11.1 Å². The molecule has 4 rings (SSSR count). The molecule has 2 aliphatic rings. The quantitative estimate of drug-likeness (QED) is 0.862. The fourth-order valence-electron chi connectivity index (χ4n) is 3.81. The van der Waals surface area contributed by atoms with Gasteiger partial charge in [-0.2, -0.15) is 0 Å². The molecule has 0 unspecified atom stereocenters. The first kappa shape index (κ1) is 16.3. The molecule has 0 radical (unpaired) electrons. The van der Waals surface area contributed by atoms with Crippen molar-refractivity contribution < 1.29 is 4.79 Å². The van der Waals surface area contributed by atoms with Crippen molar-refractivity contribution in [2.24, 2.45) is 0 Å². The molecule has 1 amide bonds. The van der Waals surface area contributed by atoms with Crippen molar-refractivity contribution in [3.8, 4) is 11.1 Å². The Hall–Kier alpha value is -2.20. The molecule has 0 atom stereocenters. The fourth-order valence-corrected chi connectivity index (χ4v) is 3.81. The van der Waals surface area contributed by atoms with Crippen LogP contribution in [0.1, 0.15) is 36.0 Å². The molecule has 2 heterocycles. The zero-order valence-corrected chi connectivity index (χ0v) is 14.6. The second kappa shape index (κ2) is 7.36. The zero-order valence-electron chi connectivity index (χ0n) is 14.6. The van der Waals surface area contributed by atoms with Gasteiger partial charge in [-0.1, -0.05) is 24.6 Å². The van der Waals surface area contributed by atoms with E-state index in [9.17, 15) is 4.79 Å². The van der Waals surface area contributed by atoms with Crippen LogP contribution >= 0.6 is 0 Å². The number of rotatable bonds is 3.